The van der Waals surface area contributed by atoms with Gasteiger partial charge in [-0.15, -0.1) is 0 Å². The molecule has 1 N–H and O–H groups in total. The van der Waals surface area contributed by atoms with Gasteiger partial charge in [0.2, 0.25) is 0 Å². The summed E-state index contributed by atoms with van der Waals surface area (Å²) in [4.78, 5) is 0. The molecule has 6 heteroatoms. The molecule has 0 aliphatic heterocycles. The topological polar surface area (TPSA) is 83.4 Å². The second-order valence-electron chi connectivity index (χ2n) is 2.81. The molecule has 0 bridgehead atoms. The molecule has 0 amide bonds. The van der Waals surface area contributed by atoms with Gasteiger partial charge in [-0.1, -0.05) is 6.07 Å². The average molecular weight is 352 g/mol. The van der Waals surface area contributed by atoms with Crippen LogP contribution in [0, 0.1) is 34.0 Å². The van der Waals surface area contributed by atoms with Crippen molar-refractivity contribution < 1.29 is 0 Å². The Hall–Kier alpha value is -1.81. The van der Waals surface area contributed by atoms with Gasteiger partial charge in [-0.05, 0) is 44.0 Å². The molecule has 17 heavy (non-hydrogen) atoms. The largest absolute Gasteiger partial charge is 0.343 e. The Balaban J connectivity index is 3.25. The highest BCUT2D eigenvalue weighted by Crippen LogP contribution is 2.31. The molecule has 0 aliphatic carbocycles. The van der Waals surface area contributed by atoms with E-state index in [9.17, 15) is 0 Å². The zero-order valence-corrected chi connectivity index (χ0v) is 11.5. The number of nitrogens with zero attached hydrogens (tertiary/aromatic N) is 3. The quantitative estimate of drug-likeness (QED) is 0.827. The van der Waals surface area contributed by atoms with Crippen LogP contribution in [0.2, 0.25) is 0 Å². The molecule has 0 spiro atoms. The maximum Gasteiger partial charge on any atom is 0.163 e. The first-order valence-electron chi connectivity index (χ1n) is 4.29. The van der Waals surface area contributed by atoms with Gasteiger partial charge >= 0.3 is 0 Å². The van der Waals surface area contributed by atoms with Crippen molar-refractivity contribution in [1.82, 2.24) is 0 Å². The van der Waals surface area contributed by atoms with Crippen LogP contribution in [0.1, 0.15) is 0 Å². The lowest BCUT2D eigenvalue weighted by molar-refractivity contribution is 1.36. The number of nitrogens with one attached hydrogen (secondary N) is 1. The van der Waals surface area contributed by atoms with Crippen molar-refractivity contribution in [2.45, 2.75) is 0 Å². The Labute approximate surface area is 115 Å². The summed E-state index contributed by atoms with van der Waals surface area (Å²) in [5, 5.41) is 29.0. The molecule has 0 aromatic heterocycles. The molecule has 82 valence electrons. The molecule has 4 nitrogen and oxygen atoms in total. The number of allylic oxidation sites excluding steroid dienone is 2. The lowest BCUT2D eigenvalue weighted by Gasteiger charge is -2.09. The molecule has 0 unspecified atom stereocenters. The molecule has 0 atom stereocenters. The fourth-order valence-corrected chi connectivity index (χ4v) is 2.22. The van der Waals surface area contributed by atoms with E-state index in [4.69, 9.17) is 15.8 Å². The predicted octanol–water partition coefficient (Wildman–Crippen LogP) is 3.45. The summed E-state index contributed by atoms with van der Waals surface area (Å²) in [6.45, 7) is 0. The van der Waals surface area contributed by atoms with Crippen molar-refractivity contribution >= 4 is 37.5 Å². The van der Waals surface area contributed by atoms with Crippen LogP contribution in [0.5, 0.6) is 0 Å². The van der Waals surface area contributed by atoms with Gasteiger partial charge in [-0.25, -0.2) is 0 Å². The van der Waals surface area contributed by atoms with Crippen molar-refractivity contribution in [2.24, 2.45) is 0 Å². The molecule has 1 rings (SSSR count). The van der Waals surface area contributed by atoms with E-state index >= 15 is 0 Å². The van der Waals surface area contributed by atoms with E-state index in [0.717, 1.165) is 8.95 Å². The Morgan fingerprint density at radius 1 is 1.00 bits per heavy atom. The molecule has 0 saturated carbocycles. The van der Waals surface area contributed by atoms with Gasteiger partial charge < -0.3 is 5.32 Å². The number of hydrogen-bond acceptors (Lipinski definition) is 4. The highest BCUT2D eigenvalue weighted by Gasteiger charge is 2.10. The molecular weight excluding hydrogens is 348 g/mol. The van der Waals surface area contributed by atoms with Gasteiger partial charge in [0.25, 0.3) is 0 Å². The second kappa shape index (κ2) is 6.06. The van der Waals surface area contributed by atoms with Gasteiger partial charge in [0, 0.05) is 8.95 Å². The fraction of sp³-hybridized carbons (Fsp3) is 0. The Morgan fingerprint density at radius 2 is 1.53 bits per heavy atom. The lowest BCUT2D eigenvalue weighted by Crippen LogP contribution is -2.01. The number of para-hydroxylation sites is 1. The van der Waals surface area contributed by atoms with Crippen LogP contribution in [0.3, 0.4) is 0 Å². The van der Waals surface area contributed by atoms with Crippen molar-refractivity contribution in [3.8, 4) is 18.2 Å². The monoisotopic (exact) mass is 350 g/mol. The zero-order chi connectivity index (χ0) is 12.8. The molecular formula is C11H4Br2N4. The maximum atomic E-state index is 8.90. The van der Waals surface area contributed by atoms with E-state index < -0.39 is 0 Å². The molecule has 1 aromatic carbocycles. The zero-order valence-electron chi connectivity index (χ0n) is 8.33. The standard InChI is InChI=1S/C11H4Br2N4/c12-8-2-1-3-9(13)11(8)17-10(6-16)7(4-14)5-15/h1-3,17H. The number of nitriles is 3. The van der Waals surface area contributed by atoms with E-state index in [0.29, 0.717) is 5.69 Å². The molecule has 0 saturated heterocycles. The summed E-state index contributed by atoms with van der Waals surface area (Å²) < 4.78 is 1.43. The number of anilines is 1. The highest BCUT2D eigenvalue weighted by atomic mass is 79.9. The third-order valence-corrected chi connectivity index (χ3v) is 3.12. The van der Waals surface area contributed by atoms with Crippen LogP contribution in [-0.4, -0.2) is 0 Å². The molecule has 0 aliphatic rings. The van der Waals surface area contributed by atoms with Gasteiger partial charge in [-0.2, -0.15) is 15.8 Å². The SMILES string of the molecule is N#CC(C#N)=C(C#N)Nc1c(Br)cccc1Br. The Bertz CT molecular complexity index is 563. The van der Waals surface area contributed by atoms with Crippen LogP contribution in [0.15, 0.2) is 38.4 Å². The minimum atomic E-state index is -0.254. The van der Waals surface area contributed by atoms with Crippen molar-refractivity contribution in [3.05, 3.63) is 38.4 Å². The summed E-state index contributed by atoms with van der Waals surface area (Å²) in [6.07, 6.45) is 0. The summed E-state index contributed by atoms with van der Waals surface area (Å²) >= 11 is 6.61. The Morgan fingerprint density at radius 3 is 1.94 bits per heavy atom. The number of hydrogen-bond donors (Lipinski definition) is 1. The smallest absolute Gasteiger partial charge is 0.163 e. The number of rotatable bonds is 2. The first kappa shape index (κ1) is 13.3. The van der Waals surface area contributed by atoms with Crippen molar-refractivity contribution in [2.75, 3.05) is 5.32 Å². The van der Waals surface area contributed by atoms with Crippen LogP contribution < -0.4 is 5.32 Å². The molecule has 1 aromatic rings. The van der Waals surface area contributed by atoms with Gasteiger partial charge in [-0.3, -0.25) is 0 Å². The van der Waals surface area contributed by atoms with E-state index in [-0.39, 0.29) is 11.3 Å². The summed E-state index contributed by atoms with van der Waals surface area (Å²) in [5.74, 6) is 0. The normalized spacial score (nSPS) is 8.41. The number of halogens is 2. The number of benzene rings is 1. The summed E-state index contributed by atoms with van der Waals surface area (Å²) in [7, 11) is 0. The van der Waals surface area contributed by atoms with Crippen LogP contribution in [0.4, 0.5) is 5.69 Å². The third kappa shape index (κ3) is 3.07. The first-order valence-corrected chi connectivity index (χ1v) is 5.88. The van der Waals surface area contributed by atoms with E-state index in [2.05, 4.69) is 37.2 Å². The fourth-order valence-electron chi connectivity index (χ4n) is 1.03. The first-order chi connectivity index (χ1) is 8.13. The average Bonchev–Trinajstić information content (AvgIpc) is 2.33. The molecule has 0 heterocycles. The van der Waals surface area contributed by atoms with E-state index in [1.165, 1.54) is 0 Å². The van der Waals surface area contributed by atoms with Gasteiger partial charge in [0.15, 0.2) is 5.57 Å². The van der Waals surface area contributed by atoms with Gasteiger partial charge in [0.1, 0.15) is 23.9 Å². The third-order valence-electron chi connectivity index (χ3n) is 1.80. The maximum absolute atomic E-state index is 8.90. The highest BCUT2D eigenvalue weighted by molar-refractivity contribution is 9.11. The van der Waals surface area contributed by atoms with E-state index in [1.807, 2.05) is 6.07 Å². The lowest BCUT2D eigenvalue weighted by atomic mass is 10.2. The van der Waals surface area contributed by atoms with Gasteiger partial charge in [0.05, 0.1) is 5.69 Å². The van der Waals surface area contributed by atoms with Crippen LogP contribution in [-0.2, 0) is 0 Å². The minimum absolute atomic E-state index is 0.0809. The van der Waals surface area contributed by atoms with Crippen LogP contribution >= 0.6 is 31.9 Å². The summed E-state index contributed by atoms with van der Waals surface area (Å²) in [5.41, 5.74) is 0.254. The Kier molecular flexibility index (Phi) is 4.72. The molecule has 0 radical (unpaired) electrons. The van der Waals surface area contributed by atoms with Crippen molar-refractivity contribution in [3.63, 3.8) is 0 Å². The van der Waals surface area contributed by atoms with Crippen LogP contribution in [0.25, 0.3) is 0 Å². The van der Waals surface area contributed by atoms with E-state index in [1.54, 1.807) is 30.3 Å². The van der Waals surface area contributed by atoms with Crippen molar-refractivity contribution in [1.29, 1.82) is 15.8 Å². The minimum Gasteiger partial charge on any atom is -0.343 e. The second-order valence-corrected chi connectivity index (χ2v) is 4.52. The summed E-state index contributed by atoms with van der Waals surface area (Å²) in [6, 6.07) is 10.5. The predicted molar refractivity (Wildman–Crippen MR) is 69.3 cm³/mol. The molecule has 0 fully saturated rings.